The Morgan fingerprint density at radius 3 is 2.05 bits per heavy atom. The van der Waals surface area contributed by atoms with Crippen molar-refractivity contribution in [1.82, 2.24) is 5.32 Å². The molecule has 0 unspecified atom stereocenters. The smallest absolute Gasteiger partial charge is 0.468 e. The third-order valence-electron chi connectivity index (χ3n) is 2.51. The van der Waals surface area contributed by atoms with Crippen molar-refractivity contribution >= 4 is 5.97 Å². The summed E-state index contributed by atoms with van der Waals surface area (Å²) in [5.41, 5.74) is 0. The fourth-order valence-corrected chi connectivity index (χ4v) is 1.46. The summed E-state index contributed by atoms with van der Waals surface area (Å²) in [5.74, 6) is 0.631. The van der Waals surface area contributed by atoms with Crippen LogP contribution >= 0.6 is 0 Å². The fraction of sp³-hybridized carbons (Fsp3) is 0.267. The Morgan fingerprint density at radius 2 is 1.65 bits per heavy atom. The molecule has 10 radical (unpaired) electrons. The van der Waals surface area contributed by atoms with E-state index in [2.05, 4.69) is 10.1 Å². The number of rotatable bonds is 5. The number of hydrogen-bond acceptors (Lipinski definition) is 4. The van der Waals surface area contributed by atoms with E-state index in [1.165, 1.54) is 7.11 Å². The Hall–Kier alpha value is -0.0905. The molecule has 2 fully saturated rings. The number of hydrogen-bond donors (Lipinski definition) is 2. The van der Waals surface area contributed by atoms with E-state index in [9.17, 15) is 4.79 Å². The first kappa shape index (κ1) is 19.9. The van der Waals surface area contributed by atoms with E-state index >= 15 is 0 Å². The standard InChI is InChI=1S/C10H14NO3.C5H5.Fe/c1-14-10(13)9(7-12)11-6-8-4-2-3-5-8;1-2-4-5-3-1;/h2-5,9,11-12H,6-7H2,1H3;1-5H;/q;;+2/t9-;;/m0../s1. The van der Waals surface area contributed by atoms with Gasteiger partial charge in [-0.1, -0.05) is 0 Å². The number of ether oxygens (including phenoxy) is 1. The number of aliphatic hydroxyl groups excluding tert-OH is 1. The summed E-state index contributed by atoms with van der Waals surface area (Å²) >= 11 is 0. The van der Waals surface area contributed by atoms with Crippen molar-refractivity contribution in [2.24, 2.45) is 0 Å². The normalized spacial score (nSPS) is 19.7. The molecule has 0 heterocycles. The van der Waals surface area contributed by atoms with Crippen molar-refractivity contribution in [1.29, 1.82) is 0 Å². The Morgan fingerprint density at radius 1 is 1.15 bits per heavy atom. The fourth-order valence-electron chi connectivity index (χ4n) is 1.46. The number of methoxy groups -OCH3 is 1. The Labute approximate surface area is 133 Å². The number of aliphatic hydroxyl groups is 1. The first-order valence-electron chi connectivity index (χ1n) is 6.07. The monoisotopic (exact) mass is 317 g/mol. The molecule has 20 heavy (non-hydrogen) atoms. The van der Waals surface area contributed by atoms with Crippen molar-refractivity contribution in [2.45, 2.75) is 6.04 Å². The van der Waals surface area contributed by atoms with Crippen molar-refractivity contribution in [2.75, 3.05) is 20.3 Å². The van der Waals surface area contributed by atoms with Crippen LogP contribution in [0.5, 0.6) is 0 Å². The van der Waals surface area contributed by atoms with Crippen LogP contribution in [0, 0.1) is 63.7 Å². The number of nitrogens with one attached hydrogen (secondary N) is 1. The van der Waals surface area contributed by atoms with E-state index in [1.54, 1.807) is 0 Å². The van der Waals surface area contributed by atoms with Gasteiger partial charge in [0.15, 0.2) is 0 Å². The van der Waals surface area contributed by atoms with Crippen LogP contribution in [-0.4, -0.2) is 37.4 Å². The van der Waals surface area contributed by atoms with Crippen LogP contribution in [0.3, 0.4) is 0 Å². The van der Waals surface area contributed by atoms with Crippen LogP contribution in [0.4, 0.5) is 0 Å². The van der Waals surface area contributed by atoms with Crippen LogP contribution in [0.15, 0.2) is 0 Å². The van der Waals surface area contributed by atoms with Gasteiger partial charge in [-0.05, 0) is 63.7 Å². The molecule has 0 amide bonds. The van der Waals surface area contributed by atoms with Gasteiger partial charge in [0.2, 0.25) is 0 Å². The molecular formula is C15H19FeNO3+2. The summed E-state index contributed by atoms with van der Waals surface area (Å²) in [6.07, 6.45) is 17.7. The number of carbonyl (C=O) groups is 1. The Balaban J connectivity index is 0.000000507. The van der Waals surface area contributed by atoms with E-state index in [0.717, 1.165) is 5.92 Å². The van der Waals surface area contributed by atoms with Gasteiger partial charge in [-0.2, -0.15) is 0 Å². The summed E-state index contributed by atoms with van der Waals surface area (Å²) in [6.45, 7) is 0.292. The zero-order valence-electron chi connectivity index (χ0n) is 11.3. The Bertz CT molecular complexity index is 234. The maximum absolute atomic E-state index is 11.1. The molecule has 2 N–H and O–H groups in total. The second-order valence-electron chi connectivity index (χ2n) is 3.89. The molecule has 0 bridgehead atoms. The molecule has 0 aliphatic heterocycles. The van der Waals surface area contributed by atoms with Gasteiger partial charge in [-0.3, -0.25) is 4.79 Å². The molecule has 0 saturated heterocycles. The Kier molecular flexibility index (Phi) is 12.6. The molecule has 5 heteroatoms. The first-order valence-corrected chi connectivity index (χ1v) is 6.07. The second-order valence-corrected chi connectivity index (χ2v) is 3.89. The largest absolute Gasteiger partial charge is 2.00 e. The van der Waals surface area contributed by atoms with E-state index in [0.29, 0.717) is 6.54 Å². The van der Waals surface area contributed by atoms with Gasteiger partial charge in [0.1, 0.15) is 6.04 Å². The van der Waals surface area contributed by atoms with Crippen LogP contribution in [0.2, 0.25) is 0 Å². The molecule has 108 valence electrons. The zero-order valence-corrected chi connectivity index (χ0v) is 12.4. The molecule has 0 aromatic rings. The molecule has 0 aromatic heterocycles. The van der Waals surface area contributed by atoms with Gasteiger partial charge in [0, 0.05) is 6.54 Å². The molecule has 2 rings (SSSR count). The summed E-state index contributed by atoms with van der Waals surface area (Å²) < 4.78 is 4.51. The average molecular weight is 317 g/mol. The zero-order chi connectivity index (χ0) is 13.9. The molecule has 2 aliphatic carbocycles. The molecule has 4 nitrogen and oxygen atoms in total. The van der Waals surface area contributed by atoms with Gasteiger partial charge >= 0.3 is 23.0 Å². The molecule has 0 spiro atoms. The summed E-state index contributed by atoms with van der Waals surface area (Å²) in [7, 11) is 1.30. The first-order chi connectivity index (χ1) is 9.27. The van der Waals surface area contributed by atoms with E-state index < -0.39 is 12.0 Å². The van der Waals surface area contributed by atoms with E-state index in [4.69, 9.17) is 5.11 Å². The number of carbonyl (C=O) groups excluding carboxylic acids is 1. The number of esters is 1. The van der Waals surface area contributed by atoms with Crippen molar-refractivity contribution in [3.63, 3.8) is 0 Å². The summed E-state index contributed by atoms with van der Waals surface area (Å²) in [6, 6.07) is -0.644. The SMILES string of the molecule is COC(=O)[C@H](CO)NC[C]1[CH][CH][CH][CH]1.[CH]1[CH][CH][CH][CH]1.[Fe+2]. The van der Waals surface area contributed by atoms with E-state index in [-0.39, 0.29) is 23.7 Å². The molecule has 2 aliphatic rings. The van der Waals surface area contributed by atoms with Crippen molar-refractivity contribution < 1.29 is 31.7 Å². The van der Waals surface area contributed by atoms with Gasteiger partial charge in [0.05, 0.1) is 13.7 Å². The van der Waals surface area contributed by atoms with Crippen molar-refractivity contribution in [3.8, 4) is 0 Å². The minimum atomic E-state index is -0.644. The molecule has 1 atom stereocenters. The van der Waals surface area contributed by atoms with Crippen LogP contribution in [0.25, 0.3) is 0 Å². The molecule has 2 saturated carbocycles. The summed E-state index contributed by atoms with van der Waals surface area (Å²) in [4.78, 5) is 11.1. The predicted molar refractivity (Wildman–Crippen MR) is 72.8 cm³/mol. The van der Waals surface area contributed by atoms with Gasteiger partial charge < -0.3 is 15.2 Å². The third kappa shape index (κ3) is 8.25. The maximum Gasteiger partial charge on any atom is 2.00 e. The minimum absolute atomic E-state index is 0. The van der Waals surface area contributed by atoms with E-state index in [1.807, 2.05) is 57.8 Å². The quantitative estimate of drug-likeness (QED) is 0.574. The second kappa shape index (κ2) is 12.6. The molecular weight excluding hydrogens is 298 g/mol. The van der Waals surface area contributed by atoms with Crippen LogP contribution < -0.4 is 5.32 Å². The van der Waals surface area contributed by atoms with Gasteiger partial charge in [0.25, 0.3) is 0 Å². The third-order valence-corrected chi connectivity index (χ3v) is 2.51. The van der Waals surface area contributed by atoms with Gasteiger partial charge in [-0.25, -0.2) is 0 Å². The minimum Gasteiger partial charge on any atom is -0.468 e. The summed E-state index contributed by atoms with van der Waals surface area (Å²) in [5, 5.41) is 11.8. The van der Waals surface area contributed by atoms with Crippen LogP contribution in [0.1, 0.15) is 0 Å². The van der Waals surface area contributed by atoms with Crippen LogP contribution in [-0.2, 0) is 26.6 Å². The predicted octanol–water partition coefficient (Wildman–Crippen LogP) is 0.534. The maximum atomic E-state index is 11.1. The van der Waals surface area contributed by atoms with Crippen molar-refractivity contribution in [3.05, 3.63) is 63.7 Å². The average Bonchev–Trinajstić information content (AvgIpc) is 3.14. The molecule has 0 aromatic carbocycles. The van der Waals surface area contributed by atoms with Gasteiger partial charge in [-0.15, -0.1) is 0 Å². The topological polar surface area (TPSA) is 58.6 Å².